The minimum absolute atomic E-state index is 0.201. The lowest BCUT2D eigenvalue weighted by molar-refractivity contribution is 0.0757. The smallest absolute Gasteiger partial charge is 0.409 e. The van der Waals surface area contributed by atoms with Crippen LogP contribution in [-0.4, -0.2) is 61.8 Å². The number of carbonyl (C=O) groups is 1. The zero-order valence-electron chi connectivity index (χ0n) is 12.9. The maximum absolute atomic E-state index is 11.6. The van der Waals surface area contributed by atoms with E-state index in [1.807, 2.05) is 25.1 Å². The minimum Gasteiger partial charge on any atom is -0.492 e. The Labute approximate surface area is 126 Å². The zero-order chi connectivity index (χ0) is 15.1. The number of carbonyl (C=O) groups excluding carboxylic acids is 1. The predicted molar refractivity (Wildman–Crippen MR) is 81.7 cm³/mol. The van der Waals surface area contributed by atoms with Crippen LogP contribution < -0.4 is 4.74 Å². The van der Waals surface area contributed by atoms with E-state index in [0.29, 0.717) is 13.2 Å². The Kier molecular flexibility index (Phi) is 5.87. The summed E-state index contributed by atoms with van der Waals surface area (Å²) < 4.78 is 10.8. The van der Waals surface area contributed by atoms with Crippen LogP contribution in [0.5, 0.6) is 5.75 Å². The number of hydrogen-bond donors (Lipinski definition) is 0. The normalized spacial score (nSPS) is 15.8. The Bertz CT molecular complexity index is 457. The maximum Gasteiger partial charge on any atom is 0.409 e. The third-order valence-electron chi connectivity index (χ3n) is 3.56. The Morgan fingerprint density at radius 1 is 1.24 bits per heavy atom. The van der Waals surface area contributed by atoms with Crippen molar-refractivity contribution in [2.75, 3.05) is 45.9 Å². The molecule has 1 aliphatic heterocycles. The van der Waals surface area contributed by atoms with Gasteiger partial charge in [-0.2, -0.15) is 0 Å². The van der Waals surface area contributed by atoms with Crippen molar-refractivity contribution in [3.05, 3.63) is 29.8 Å². The molecular weight excluding hydrogens is 268 g/mol. The minimum atomic E-state index is -0.201. The average Bonchev–Trinajstić information content (AvgIpc) is 2.48. The van der Waals surface area contributed by atoms with E-state index in [4.69, 9.17) is 9.47 Å². The van der Waals surface area contributed by atoms with Crippen molar-refractivity contribution >= 4 is 6.09 Å². The van der Waals surface area contributed by atoms with Crippen molar-refractivity contribution in [2.45, 2.75) is 13.8 Å². The highest BCUT2D eigenvalue weighted by Crippen LogP contribution is 2.12. The average molecular weight is 292 g/mol. The Morgan fingerprint density at radius 3 is 2.67 bits per heavy atom. The van der Waals surface area contributed by atoms with Crippen LogP contribution in [0.3, 0.4) is 0 Å². The van der Waals surface area contributed by atoms with Crippen LogP contribution in [0, 0.1) is 6.92 Å². The van der Waals surface area contributed by atoms with Gasteiger partial charge in [-0.05, 0) is 31.5 Å². The van der Waals surface area contributed by atoms with Gasteiger partial charge in [-0.1, -0.05) is 12.1 Å². The largest absolute Gasteiger partial charge is 0.492 e. The molecule has 1 saturated heterocycles. The lowest BCUT2D eigenvalue weighted by Gasteiger charge is -2.33. The highest BCUT2D eigenvalue weighted by molar-refractivity contribution is 5.67. The standard InChI is InChI=1S/C16H24N2O3/c1-3-20-16(19)18-9-7-17(8-10-18)11-12-21-15-6-4-5-14(2)13-15/h4-6,13H,3,7-12H2,1-2H3. The van der Waals surface area contributed by atoms with Gasteiger partial charge in [-0.15, -0.1) is 0 Å². The molecule has 0 N–H and O–H groups in total. The van der Waals surface area contributed by atoms with Gasteiger partial charge >= 0.3 is 6.09 Å². The van der Waals surface area contributed by atoms with Crippen molar-refractivity contribution in [3.8, 4) is 5.75 Å². The van der Waals surface area contributed by atoms with Crippen molar-refractivity contribution in [2.24, 2.45) is 0 Å². The summed E-state index contributed by atoms with van der Waals surface area (Å²) in [6, 6.07) is 8.08. The molecule has 1 aliphatic rings. The second-order valence-electron chi connectivity index (χ2n) is 5.19. The molecule has 0 aliphatic carbocycles. The van der Waals surface area contributed by atoms with Gasteiger partial charge in [0.2, 0.25) is 0 Å². The van der Waals surface area contributed by atoms with Crippen molar-refractivity contribution in [3.63, 3.8) is 0 Å². The van der Waals surface area contributed by atoms with Crippen LogP contribution in [0.2, 0.25) is 0 Å². The first kappa shape index (κ1) is 15.6. The fourth-order valence-corrected chi connectivity index (χ4v) is 2.37. The molecule has 1 fully saturated rings. The topological polar surface area (TPSA) is 42.0 Å². The van der Waals surface area contributed by atoms with Gasteiger partial charge in [0.1, 0.15) is 12.4 Å². The number of rotatable bonds is 5. The highest BCUT2D eigenvalue weighted by Gasteiger charge is 2.21. The molecular formula is C16H24N2O3. The number of nitrogens with zero attached hydrogens (tertiary/aromatic N) is 2. The Morgan fingerprint density at radius 2 is 2.00 bits per heavy atom. The van der Waals surface area contributed by atoms with E-state index in [-0.39, 0.29) is 6.09 Å². The summed E-state index contributed by atoms with van der Waals surface area (Å²) in [4.78, 5) is 15.7. The number of benzene rings is 1. The molecule has 0 bridgehead atoms. The van der Waals surface area contributed by atoms with Crippen molar-refractivity contribution < 1.29 is 14.3 Å². The molecule has 1 aromatic rings. The number of amides is 1. The summed E-state index contributed by atoms with van der Waals surface area (Å²) in [6.07, 6.45) is -0.201. The number of aryl methyl sites for hydroxylation is 1. The quantitative estimate of drug-likeness (QED) is 0.834. The first-order valence-electron chi connectivity index (χ1n) is 7.52. The molecule has 2 rings (SSSR count). The summed E-state index contributed by atoms with van der Waals surface area (Å²) >= 11 is 0. The molecule has 0 aromatic heterocycles. The molecule has 0 saturated carbocycles. The van der Waals surface area contributed by atoms with E-state index < -0.39 is 0 Å². The molecule has 1 heterocycles. The molecule has 0 spiro atoms. The van der Waals surface area contributed by atoms with Gasteiger partial charge in [0, 0.05) is 32.7 Å². The zero-order valence-corrected chi connectivity index (χ0v) is 12.9. The summed E-state index contributed by atoms with van der Waals surface area (Å²) in [5.74, 6) is 0.917. The number of hydrogen-bond acceptors (Lipinski definition) is 4. The van der Waals surface area contributed by atoms with Crippen molar-refractivity contribution in [1.29, 1.82) is 0 Å². The van der Waals surface area contributed by atoms with Crippen LogP contribution >= 0.6 is 0 Å². The SMILES string of the molecule is CCOC(=O)N1CCN(CCOc2cccc(C)c2)CC1. The lowest BCUT2D eigenvalue weighted by Crippen LogP contribution is -2.49. The monoisotopic (exact) mass is 292 g/mol. The van der Waals surface area contributed by atoms with Gasteiger partial charge in [-0.25, -0.2) is 4.79 Å². The van der Waals surface area contributed by atoms with Gasteiger partial charge in [0.05, 0.1) is 6.61 Å². The summed E-state index contributed by atoms with van der Waals surface area (Å²) in [5, 5.41) is 0. The van der Waals surface area contributed by atoms with E-state index in [0.717, 1.165) is 38.5 Å². The molecule has 1 aromatic carbocycles. The molecule has 1 amide bonds. The van der Waals surface area contributed by atoms with E-state index in [1.165, 1.54) is 5.56 Å². The summed E-state index contributed by atoms with van der Waals surface area (Å²) in [5.41, 5.74) is 1.20. The van der Waals surface area contributed by atoms with Gasteiger partial charge in [0.15, 0.2) is 0 Å². The fourth-order valence-electron chi connectivity index (χ4n) is 2.37. The Hall–Kier alpha value is -1.75. The molecule has 0 atom stereocenters. The second kappa shape index (κ2) is 7.88. The highest BCUT2D eigenvalue weighted by atomic mass is 16.6. The van der Waals surface area contributed by atoms with E-state index >= 15 is 0 Å². The molecule has 116 valence electrons. The molecule has 5 nitrogen and oxygen atoms in total. The molecule has 5 heteroatoms. The first-order chi connectivity index (χ1) is 10.2. The number of ether oxygens (including phenoxy) is 2. The van der Waals surface area contributed by atoms with Crippen LogP contribution in [-0.2, 0) is 4.74 Å². The maximum atomic E-state index is 11.6. The first-order valence-corrected chi connectivity index (χ1v) is 7.52. The molecule has 0 unspecified atom stereocenters. The Balaban J connectivity index is 1.66. The number of piperazine rings is 1. The fraction of sp³-hybridized carbons (Fsp3) is 0.562. The van der Waals surface area contributed by atoms with E-state index in [9.17, 15) is 4.79 Å². The molecule has 0 radical (unpaired) electrons. The van der Waals surface area contributed by atoms with Crippen molar-refractivity contribution in [1.82, 2.24) is 9.80 Å². The van der Waals surface area contributed by atoms with E-state index in [1.54, 1.807) is 4.90 Å². The van der Waals surface area contributed by atoms with Gasteiger partial charge < -0.3 is 14.4 Å². The summed E-state index contributed by atoms with van der Waals surface area (Å²) in [7, 11) is 0. The van der Waals surface area contributed by atoms with Crippen LogP contribution in [0.25, 0.3) is 0 Å². The third-order valence-corrected chi connectivity index (χ3v) is 3.56. The van der Waals surface area contributed by atoms with Gasteiger partial charge in [0.25, 0.3) is 0 Å². The predicted octanol–water partition coefficient (Wildman–Crippen LogP) is 2.15. The third kappa shape index (κ3) is 4.93. The lowest BCUT2D eigenvalue weighted by atomic mass is 10.2. The molecule has 21 heavy (non-hydrogen) atoms. The summed E-state index contributed by atoms with van der Waals surface area (Å²) in [6.45, 7) is 9.06. The van der Waals surface area contributed by atoms with Crippen LogP contribution in [0.4, 0.5) is 4.79 Å². The van der Waals surface area contributed by atoms with E-state index in [2.05, 4.69) is 17.9 Å². The van der Waals surface area contributed by atoms with Gasteiger partial charge in [-0.3, -0.25) is 4.90 Å². The van der Waals surface area contributed by atoms with Crippen LogP contribution in [0.15, 0.2) is 24.3 Å². The van der Waals surface area contributed by atoms with Crippen LogP contribution in [0.1, 0.15) is 12.5 Å². The second-order valence-corrected chi connectivity index (χ2v) is 5.19.